The number of ether oxygens (including phenoxy) is 1. The fraction of sp³-hybridized carbons (Fsp3) is 0.500. The summed E-state index contributed by atoms with van der Waals surface area (Å²) in [6.45, 7) is 1.98. The summed E-state index contributed by atoms with van der Waals surface area (Å²) in [6.07, 6.45) is 1.49. The fourth-order valence-electron chi connectivity index (χ4n) is 2.66. The van der Waals surface area contributed by atoms with Gasteiger partial charge in [0.15, 0.2) is 5.96 Å². The van der Waals surface area contributed by atoms with Crippen molar-refractivity contribution in [3.05, 3.63) is 34.6 Å². The zero-order valence-corrected chi connectivity index (χ0v) is 14.1. The molecule has 7 heteroatoms. The molecule has 23 heavy (non-hydrogen) atoms. The number of methoxy groups -OCH3 is 1. The normalized spacial score (nSPS) is 16.3. The third-order valence-corrected chi connectivity index (χ3v) is 4.27. The Morgan fingerprint density at radius 2 is 2.17 bits per heavy atom. The average molecular weight is 342 g/mol. The standard InChI is InChI=1S/C16H21ClFN3O2/c1-19-16(20-10-11-3-4-14(18)13(17)9-11)21-7-5-12(6-8-21)15(22)23-2/h3-4,9,12H,5-8,10H2,1-2H3,(H,19,20). The van der Waals surface area contributed by atoms with Crippen LogP contribution in [0.15, 0.2) is 23.2 Å². The summed E-state index contributed by atoms with van der Waals surface area (Å²) in [5, 5.41) is 3.35. The fourth-order valence-corrected chi connectivity index (χ4v) is 2.86. The van der Waals surface area contributed by atoms with Crippen LogP contribution in [0, 0.1) is 11.7 Å². The van der Waals surface area contributed by atoms with E-state index < -0.39 is 5.82 Å². The van der Waals surface area contributed by atoms with E-state index in [1.165, 1.54) is 13.2 Å². The molecule has 0 saturated carbocycles. The second kappa shape index (κ2) is 8.15. The first-order valence-corrected chi connectivity index (χ1v) is 7.90. The molecule has 1 N–H and O–H groups in total. The van der Waals surface area contributed by atoms with Crippen LogP contribution in [0.3, 0.4) is 0 Å². The summed E-state index contributed by atoms with van der Waals surface area (Å²) >= 11 is 5.78. The molecular formula is C16H21ClFN3O2. The van der Waals surface area contributed by atoms with E-state index in [1.807, 2.05) is 0 Å². The van der Waals surface area contributed by atoms with Gasteiger partial charge in [0.1, 0.15) is 5.82 Å². The van der Waals surface area contributed by atoms with Crippen molar-refractivity contribution in [2.24, 2.45) is 10.9 Å². The molecule has 2 rings (SSSR count). The molecule has 1 aliphatic heterocycles. The zero-order valence-electron chi connectivity index (χ0n) is 13.3. The van der Waals surface area contributed by atoms with E-state index in [4.69, 9.17) is 16.3 Å². The number of guanidine groups is 1. The first-order valence-electron chi connectivity index (χ1n) is 7.52. The van der Waals surface area contributed by atoms with E-state index in [-0.39, 0.29) is 16.9 Å². The molecule has 126 valence electrons. The summed E-state index contributed by atoms with van der Waals surface area (Å²) in [6, 6.07) is 4.63. The highest BCUT2D eigenvalue weighted by atomic mass is 35.5. The van der Waals surface area contributed by atoms with Crippen molar-refractivity contribution < 1.29 is 13.9 Å². The molecule has 0 amide bonds. The van der Waals surface area contributed by atoms with Gasteiger partial charge in [-0.3, -0.25) is 9.79 Å². The first-order chi connectivity index (χ1) is 11.0. The molecule has 1 aromatic carbocycles. The SMILES string of the molecule is CN=C(NCc1ccc(F)c(Cl)c1)N1CCC(C(=O)OC)CC1. The van der Waals surface area contributed by atoms with Gasteiger partial charge in [-0.05, 0) is 30.5 Å². The maximum Gasteiger partial charge on any atom is 0.308 e. The second-order valence-electron chi connectivity index (χ2n) is 5.43. The van der Waals surface area contributed by atoms with E-state index >= 15 is 0 Å². The summed E-state index contributed by atoms with van der Waals surface area (Å²) in [5.41, 5.74) is 0.877. The van der Waals surface area contributed by atoms with Gasteiger partial charge in [-0.15, -0.1) is 0 Å². The molecule has 0 unspecified atom stereocenters. The maximum absolute atomic E-state index is 13.2. The van der Waals surface area contributed by atoms with E-state index in [1.54, 1.807) is 19.2 Å². The topological polar surface area (TPSA) is 53.9 Å². The number of nitrogens with one attached hydrogen (secondary N) is 1. The van der Waals surface area contributed by atoms with Crippen molar-refractivity contribution in [3.63, 3.8) is 0 Å². The quantitative estimate of drug-likeness (QED) is 0.521. The van der Waals surface area contributed by atoms with E-state index in [9.17, 15) is 9.18 Å². The van der Waals surface area contributed by atoms with E-state index in [2.05, 4.69) is 15.2 Å². The van der Waals surface area contributed by atoms with Crippen LogP contribution >= 0.6 is 11.6 Å². The monoisotopic (exact) mass is 341 g/mol. The van der Waals surface area contributed by atoms with Crippen LogP contribution < -0.4 is 5.32 Å². The molecule has 1 aromatic rings. The van der Waals surface area contributed by atoms with Crippen LogP contribution in [-0.2, 0) is 16.1 Å². The molecule has 0 bridgehead atoms. The van der Waals surface area contributed by atoms with Gasteiger partial charge in [-0.25, -0.2) is 4.39 Å². The molecule has 1 fully saturated rings. The van der Waals surface area contributed by atoms with Crippen LogP contribution in [0.4, 0.5) is 4.39 Å². The third kappa shape index (κ3) is 4.58. The Balaban J connectivity index is 1.89. The number of piperidine rings is 1. The van der Waals surface area contributed by atoms with Gasteiger partial charge in [0.05, 0.1) is 18.1 Å². The highest BCUT2D eigenvalue weighted by molar-refractivity contribution is 6.30. The highest BCUT2D eigenvalue weighted by Crippen LogP contribution is 2.19. The molecule has 0 aliphatic carbocycles. The lowest BCUT2D eigenvalue weighted by atomic mass is 9.97. The Morgan fingerprint density at radius 1 is 1.48 bits per heavy atom. The van der Waals surface area contributed by atoms with Crippen LogP contribution in [0.25, 0.3) is 0 Å². The molecule has 1 heterocycles. The van der Waals surface area contributed by atoms with E-state index in [0.29, 0.717) is 6.54 Å². The molecule has 1 saturated heterocycles. The summed E-state index contributed by atoms with van der Waals surface area (Å²) in [7, 11) is 3.13. The number of nitrogens with zero attached hydrogens (tertiary/aromatic N) is 2. The largest absolute Gasteiger partial charge is 0.469 e. The predicted molar refractivity (Wildman–Crippen MR) is 87.9 cm³/mol. The Morgan fingerprint density at radius 3 is 2.74 bits per heavy atom. The number of aliphatic imine (C=N–C) groups is 1. The second-order valence-corrected chi connectivity index (χ2v) is 5.84. The molecule has 0 aromatic heterocycles. The van der Waals surface area contributed by atoms with Crippen molar-refractivity contribution in [2.45, 2.75) is 19.4 Å². The number of esters is 1. The molecule has 0 atom stereocenters. The van der Waals surface area contributed by atoms with Gasteiger partial charge < -0.3 is 15.0 Å². The number of hydrogen-bond acceptors (Lipinski definition) is 3. The van der Waals surface area contributed by atoms with Crippen molar-refractivity contribution in [1.29, 1.82) is 0 Å². The molecule has 5 nitrogen and oxygen atoms in total. The van der Waals surface area contributed by atoms with Gasteiger partial charge >= 0.3 is 5.97 Å². The lowest BCUT2D eigenvalue weighted by molar-refractivity contribution is -0.146. The van der Waals surface area contributed by atoms with Crippen LogP contribution in [0.1, 0.15) is 18.4 Å². The Bertz CT molecular complexity index is 587. The minimum Gasteiger partial charge on any atom is -0.469 e. The number of halogens is 2. The average Bonchev–Trinajstić information content (AvgIpc) is 2.58. The first kappa shape index (κ1) is 17.5. The van der Waals surface area contributed by atoms with Crippen LogP contribution in [-0.4, -0.2) is 44.1 Å². The molecule has 0 spiro atoms. The van der Waals surface area contributed by atoms with Crippen molar-refractivity contribution >= 4 is 23.5 Å². The summed E-state index contributed by atoms with van der Waals surface area (Å²) < 4.78 is 18.0. The number of rotatable bonds is 3. The summed E-state index contributed by atoms with van der Waals surface area (Å²) in [5.74, 6) is 0.150. The van der Waals surface area contributed by atoms with Gasteiger partial charge in [0.25, 0.3) is 0 Å². The minimum absolute atomic E-state index is 0.0368. The maximum atomic E-state index is 13.2. The minimum atomic E-state index is -0.426. The number of likely N-dealkylation sites (tertiary alicyclic amines) is 1. The molecular weight excluding hydrogens is 321 g/mol. The Labute approximate surface area is 140 Å². The van der Waals surface area contributed by atoms with Crippen molar-refractivity contribution in [1.82, 2.24) is 10.2 Å². The van der Waals surface area contributed by atoms with Gasteiger partial charge in [-0.2, -0.15) is 0 Å². The van der Waals surface area contributed by atoms with Gasteiger partial charge in [0.2, 0.25) is 0 Å². The number of hydrogen-bond donors (Lipinski definition) is 1. The summed E-state index contributed by atoms with van der Waals surface area (Å²) in [4.78, 5) is 17.9. The molecule has 0 radical (unpaired) electrons. The highest BCUT2D eigenvalue weighted by Gasteiger charge is 2.26. The third-order valence-electron chi connectivity index (χ3n) is 3.98. The number of benzene rings is 1. The Hall–Kier alpha value is -1.82. The number of carbonyl (C=O) groups is 1. The van der Waals surface area contributed by atoms with Crippen molar-refractivity contribution in [2.75, 3.05) is 27.2 Å². The lowest BCUT2D eigenvalue weighted by Gasteiger charge is -2.33. The lowest BCUT2D eigenvalue weighted by Crippen LogP contribution is -2.46. The zero-order chi connectivity index (χ0) is 16.8. The van der Waals surface area contributed by atoms with E-state index in [0.717, 1.165) is 37.5 Å². The molecule has 1 aliphatic rings. The van der Waals surface area contributed by atoms with Crippen molar-refractivity contribution in [3.8, 4) is 0 Å². The smallest absolute Gasteiger partial charge is 0.308 e. The predicted octanol–water partition coefficient (Wildman–Crippen LogP) is 2.44. The number of carbonyl (C=O) groups excluding carboxylic acids is 1. The Kier molecular flexibility index (Phi) is 6.21. The van der Waals surface area contributed by atoms with Crippen LogP contribution in [0.5, 0.6) is 0 Å². The van der Waals surface area contributed by atoms with Crippen LogP contribution in [0.2, 0.25) is 5.02 Å². The van der Waals surface area contributed by atoms with Gasteiger partial charge in [-0.1, -0.05) is 17.7 Å². The van der Waals surface area contributed by atoms with Gasteiger partial charge in [0, 0.05) is 26.7 Å².